The predicted octanol–water partition coefficient (Wildman–Crippen LogP) is 2.85. The highest BCUT2D eigenvalue weighted by Crippen LogP contribution is 2.60. The highest BCUT2D eigenvalue weighted by molar-refractivity contribution is 7.11. The average Bonchev–Trinajstić information content (AvgIpc) is 3.12. The molecule has 1 saturated carbocycles. The second kappa shape index (κ2) is 5.64. The first-order chi connectivity index (χ1) is 11.2. The van der Waals surface area contributed by atoms with Crippen molar-refractivity contribution in [1.29, 1.82) is 0 Å². The van der Waals surface area contributed by atoms with Crippen LogP contribution in [-0.4, -0.2) is 24.0 Å². The average molecular weight is 328 g/mol. The van der Waals surface area contributed by atoms with Crippen LogP contribution in [0.3, 0.4) is 0 Å². The monoisotopic (exact) mass is 328 g/mol. The van der Waals surface area contributed by atoms with Gasteiger partial charge in [0.15, 0.2) is 0 Å². The van der Waals surface area contributed by atoms with Crippen LogP contribution in [0, 0.1) is 12.8 Å². The van der Waals surface area contributed by atoms with Crippen LogP contribution in [-0.2, 0) is 16.6 Å². The number of carbonyl (C=O) groups is 1. The molecule has 1 aliphatic heterocycles. The first kappa shape index (κ1) is 14.7. The van der Waals surface area contributed by atoms with E-state index in [-0.39, 0.29) is 17.2 Å². The maximum atomic E-state index is 12.5. The molecule has 4 nitrogen and oxygen atoms in total. The summed E-state index contributed by atoms with van der Waals surface area (Å²) in [6.07, 6.45) is 4.57. The molecule has 2 heterocycles. The molecule has 4 rings (SSSR count). The van der Waals surface area contributed by atoms with E-state index in [1.165, 1.54) is 10.4 Å². The zero-order chi connectivity index (χ0) is 15.9. The van der Waals surface area contributed by atoms with E-state index in [1.54, 1.807) is 11.3 Å². The number of aryl methyl sites for hydroxylation is 1. The van der Waals surface area contributed by atoms with Crippen LogP contribution in [0.2, 0.25) is 0 Å². The second-order valence-corrected chi connectivity index (χ2v) is 7.73. The van der Waals surface area contributed by atoms with Crippen molar-refractivity contribution in [2.45, 2.75) is 31.6 Å². The number of ether oxygens (including phenoxy) is 1. The number of thiazole rings is 1. The van der Waals surface area contributed by atoms with Gasteiger partial charge in [-0.15, -0.1) is 11.3 Å². The summed E-state index contributed by atoms with van der Waals surface area (Å²) in [6, 6.07) is 8.15. The number of rotatable bonds is 4. The summed E-state index contributed by atoms with van der Waals surface area (Å²) in [5, 5.41) is 4.18. The Kier molecular flexibility index (Phi) is 3.60. The Labute approximate surface area is 139 Å². The molecule has 1 amide bonds. The lowest BCUT2D eigenvalue weighted by Crippen LogP contribution is -2.32. The van der Waals surface area contributed by atoms with Gasteiger partial charge in [0.2, 0.25) is 5.91 Å². The molecule has 0 saturated heterocycles. The first-order valence-corrected chi connectivity index (χ1v) is 8.92. The molecule has 1 fully saturated rings. The number of para-hydroxylation sites is 1. The fourth-order valence-corrected chi connectivity index (χ4v) is 4.42. The Morgan fingerprint density at radius 3 is 3.17 bits per heavy atom. The van der Waals surface area contributed by atoms with E-state index in [0.717, 1.165) is 30.0 Å². The Hall–Kier alpha value is -1.88. The first-order valence-electron chi connectivity index (χ1n) is 8.10. The maximum Gasteiger partial charge on any atom is 0.224 e. The Morgan fingerprint density at radius 2 is 2.35 bits per heavy atom. The summed E-state index contributed by atoms with van der Waals surface area (Å²) >= 11 is 1.70. The minimum atomic E-state index is 0.0106. The van der Waals surface area contributed by atoms with E-state index in [4.69, 9.17) is 4.74 Å². The fourth-order valence-electron chi connectivity index (χ4n) is 3.64. The van der Waals surface area contributed by atoms with E-state index in [1.807, 2.05) is 24.4 Å². The highest BCUT2D eigenvalue weighted by atomic mass is 32.1. The summed E-state index contributed by atoms with van der Waals surface area (Å²) in [5.41, 5.74) is 1.22. The zero-order valence-electron chi connectivity index (χ0n) is 13.2. The van der Waals surface area contributed by atoms with Crippen molar-refractivity contribution >= 4 is 17.2 Å². The fraction of sp³-hybridized carbons (Fsp3) is 0.444. The molecule has 2 unspecified atom stereocenters. The van der Waals surface area contributed by atoms with Crippen molar-refractivity contribution in [3.63, 3.8) is 0 Å². The van der Waals surface area contributed by atoms with Crippen LogP contribution in [0.25, 0.3) is 0 Å². The second-order valence-electron chi connectivity index (χ2n) is 6.41. The Morgan fingerprint density at radius 1 is 1.48 bits per heavy atom. The van der Waals surface area contributed by atoms with Crippen LogP contribution in [0.4, 0.5) is 0 Å². The SMILES string of the molecule is Cc1cnc(CCNC(=O)C2CC23CCOc2ccccc23)s1. The van der Waals surface area contributed by atoms with Gasteiger partial charge in [0.25, 0.3) is 0 Å². The van der Waals surface area contributed by atoms with E-state index >= 15 is 0 Å². The van der Waals surface area contributed by atoms with Gasteiger partial charge in [-0.25, -0.2) is 4.98 Å². The molecule has 1 aliphatic carbocycles. The van der Waals surface area contributed by atoms with Crippen molar-refractivity contribution in [3.05, 3.63) is 45.9 Å². The number of nitrogens with zero attached hydrogens (tertiary/aromatic N) is 1. The van der Waals surface area contributed by atoms with Crippen molar-refractivity contribution in [2.75, 3.05) is 13.2 Å². The summed E-state index contributed by atoms with van der Waals surface area (Å²) in [6.45, 7) is 3.42. The molecule has 1 aromatic heterocycles. The molecule has 5 heteroatoms. The summed E-state index contributed by atoms with van der Waals surface area (Å²) in [5.74, 6) is 1.22. The van der Waals surface area contributed by atoms with E-state index in [9.17, 15) is 4.79 Å². The van der Waals surface area contributed by atoms with Gasteiger partial charge in [-0.1, -0.05) is 18.2 Å². The van der Waals surface area contributed by atoms with Gasteiger partial charge >= 0.3 is 0 Å². The topological polar surface area (TPSA) is 51.2 Å². The summed E-state index contributed by atoms with van der Waals surface area (Å²) in [7, 11) is 0. The standard InChI is InChI=1S/C18H20N2O2S/c1-12-11-20-16(23-12)6-8-19-17(21)14-10-18(14)7-9-22-15-5-3-2-4-13(15)18/h2-5,11,14H,6-10H2,1H3,(H,19,21). The van der Waals surface area contributed by atoms with Gasteiger partial charge in [0.05, 0.1) is 11.6 Å². The minimum absolute atomic E-state index is 0.0106. The van der Waals surface area contributed by atoms with Crippen molar-refractivity contribution in [2.24, 2.45) is 5.92 Å². The summed E-state index contributed by atoms with van der Waals surface area (Å²) in [4.78, 5) is 18.1. The van der Waals surface area contributed by atoms with Crippen LogP contribution < -0.4 is 10.1 Å². The summed E-state index contributed by atoms with van der Waals surface area (Å²) < 4.78 is 5.73. The molecule has 0 bridgehead atoms. The third-order valence-electron chi connectivity index (χ3n) is 4.93. The molecule has 1 aromatic carbocycles. The number of carbonyl (C=O) groups excluding carboxylic acids is 1. The third-order valence-corrected chi connectivity index (χ3v) is 5.90. The van der Waals surface area contributed by atoms with Crippen LogP contribution >= 0.6 is 11.3 Å². The molecular weight excluding hydrogens is 308 g/mol. The number of hydrogen-bond donors (Lipinski definition) is 1. The molecule has 2 aromatic rings. The van der Waals surface area contributed by atoms with Crippen LogP contribution in [0.5, 0.6) is 5.75 Å². The van der Waals surface area contributed by atoms with E-state index in [2.05, 4.69) is 23.3 Å². The van der Waals surface area contributed by atoms with Gasteiger partial charge in [-0.2, -0.15) is 0 Å². The normalized spacial score (nSPS) is 24.8. The lowest BCUT2D eigenvalue weighted by atomic mass is 9.87. The lowest BCUT2D eigenvalue weighted by Gasteiger charge is -2.26. The number of benzene rings is 1. The van der Waals surface area contributed by atoms with Gasteiger partial charge in [0.1, 0.15) is 5.75 Å². The number of hydrogen-bond acceptors (Lipinski definition) is 4. The lowest BCUT2D eigenvalue weighted by molar-refractivity contribution is -0.122. The van der Waals surface area contributed by atoms with Gasteiger partial charge in [-0.05, 0) is 25.8 Å². The smallest absolute Gasteiger partial charge is 0.224 e. The molecule has 23 heavy (non-hydrogen) atoms. The largest absolute Gasteiger partial charge is 0.493 e. The maximum absolute atomic E-state index is 12.5. The number of fused-ring (bicyclic) bond motifs is 2. The van der Waals surface area contributed by atoms with Crippen LogP contribution in [0.1, 0.15) is 28.3 Å². The van der Waals surface area contributed by atoms with Crippen molar-refractivity contribution in [3.8, 4) is 5.75 Å². The Balaban J connectivity index is 1.38. The number of nitrogens with one attached hydrogen (secondary N) is 1. The molecule has 1 N–H and O–H groups in total. The van der Waals surface area contributed by atoms with Crippen molar-refractivity contribution in [1.82, 2.24) is 10.3 Å². The molecule has 2 aliphatic rings. The Bertz CT molecular complexity index is 742. The molecule has 2 atom stereocenters. The van der Waals surface area contributed by atoms with Crippen LogP contribution in [0.15, 0.2) is 30.5 Å². The molecule has 0 radical (unpaired) electrons. The van der Waals surface area contributed by atoms with E-state index in [0.29, 0.717) is 13.2 Å². The molecule has 1 spiro atoms. The zero-order valence-corrected chi connectivity index (χ0v) is 14.0. The van der Waals surface area contributed by atoms with Crippen molar-refractivity contribution < 1.29 is 9.53 Å². The molecule has 120 valence electrons. The quantitative estimate of drug-likeness (QED) is 0.939. The third kappa shape index (κ3) is 2.63. The number of amides is 1. The molecular formula is C18H20N2O2S. The van der Waals surface area contributed by atoms with Gasteiger partial charge in [0, 0.05) is 40.9 Å². The van der Waals surface area contributed by atoms with Gasteiger partial charge in [-0.3, -0.25) is 4.79 Å². The number of aromatic nitrogens is 1. The van der Waals surface area contributed by atoms with Gasteiger partial charge < -0.3 is 10.1 Å². The predicted molar refractivity (Wildman–Crippen MR) is 89.9 cm³/mol. The van der Waals surface area contributed by atoms with E-state index < -0.39 is 0 Å². The minimum Gasteiger partial charge on any atom is -0.493 e. The highest BCUT2D eigenvalue weighted by Gasteiger charge is 2.60.